The van der Waals surface area contributed by atoms with Crippen molar-refractivity contribution in [3.05, 3.63) is 173 Å². The maximum atomic E-state index is 12.3. The molecule has 0 amide bonds. The third kappa shape index (κ3) is 24.0. The van der Waals surface area contributed by atoms with Gasteiger partial charge in [0.05, 0.1) is 0 Å². The van der Waals surface area contributed by atoms with Gasteiger partial charge in [-0.05, 0) is 112 Å². The molecule has 0 aromatic heterocycles. The number of allylic oxidation sites excluding steroid dienone is 6. The van der Waals surface area contributed by atoms with Gasteiger partial charge in [0.25, 0.3) is 0 Å². The normalized spacial score (nSPS) is 13.6. The number of benzene rings is 4. The molecule has 1 heterocycles. The average molecular weight is 1000 g/mol. The third-order valence-electron chi connectivity index (χ3n) is 14.3. The zero-order chi connectivity index (χ0) is 50.4. The van der Waals surface area contributed by atoms with Crippen molar-refractivity contribution in [2.75, 3.05) is 0 Å². The molecule has 2 nitrogen and oxygen atoms in total. The summed E-state index contributed by atoms with van der Waals surface area (Å²) in [6, 6.07) is 38.8. The second kappa shape index (κ2) is 38.5. The number of unbranched alkanes of at least 4 members (excludes halogenated alkanes) is 15. The Balaban J connectivity index is 0.000000719. The van der Waals surface area contributed by atoms with E-state index in [2.05, 4.69) is 162 Å². The molecule has 2 unspecified atom stereocenters. The van der Waals surface area contributed by atoms with Crippen LogP contribution in [0.3, 0.4) is 0 Å². The Morgan fingerprint density at radius 1 is 0.423 bits per heavy atom. The molecule has 1 aliphatic rings. The average Bonchev–Trinajstić information content (AvgIpc) is 3.73. The number of hydrogen-bond acceptors (Lipinski definition) is 0. The van der Waals surface area contributed by atoms with E-state index in [9.17, 15) is 5.53 Å². The molecule has 4 aromatic rings. The first kappa shape index (κ1) is 59.5. The predicted molar refractivity (Wildman–Crippen MR) is 309 cm³/mol. The van der Waals surface area contributed by atoms with Crippen molar-refractivity contribution in [3.8, 4) is 0 Å². The molecule has 1 aliphatic heterocycles. The topological polar surface area (TPSA) is 25.3 Å². The Kier molecular flexibility index (Phi) is 32.3. The molecule has 2 atom stereocenters. The Morgan fingerprint density at radius 2 is 0.845 bits per heavy atom. The predicted octanol–water partition coefficient (Wildman–Crippen LogP) is 20.3. The summed E-state index contributed by atoms with van der Waals surface area (Å²) in [7, 11) is 0. The zero-order valence-electron chi connectivity index (χ0n) is 45.7. The van der Waals surface area contributed by atoms with Gasteiger partial charge in [0.1, 0.15) is 0 Å². The molecule has 4 aromatic carbocycles. The summed E-state index contributed by atoms with van der Waals surface area (Å²) < 4.78 is 4.19. The fourth-order valence-electron chi connectivity index (χ4n) is 9.95. The number of hydrogen-bond donors (Lipinski definition) is 0. The molecular weight excluding hydrogens is 903 g/mol. The van der Waals surface area contributed by atoms with Gasteiger partial charge in [-0.2, -0.15) is 0 Å². The molecule has 0 fully saturated rings. The van der Waals surface area contributed by atoms with Crippen LogP contribution in [0.1, 0.15) is 230 Å². The molecule has 0 saturated carbocycles. The van der Waals surface area contributed by atoms with E-state index < -0.39 is 0 Å². The molecule has 0 saturated heterocycles. The van der Waals surface area contributed by atoms with Gasteiger partial charge < -0.3 is 5.53 Å². The van der Waals surface area contributed by atoms with Crippen molar-refractivity contribution in [1.29, 1.82) is 0 Å². The summed E-state index contributed by atoms with van der Waals surface area (Å²) in [5.41, 5.74) is 20.7. The van der Waals surface area contributed by atoms with Crippen molar-refractivity contribution in [2.45, 2.75) is 221 Å². The van der Waals surface area contributed by atoms with Crippen LogP contribution in [0.4, 0.5) is 0 Å². The van der Waals surface area contributed by atoms with E-state index in [1.54, 1.807) is 19.1 Å². The fraction of sp³-hybridized carbons (Fsp3) is 0.529. The van der Waals surface area contributed by atoms with Crippen LogP contribution >= 0.6 is 0 Å². The fourth-order valence-corrected chi connectivity index (χ4v) is 11.0. The van der Waals surface area contributed by atoms with E-state index in [-0.39, 0.29) is 0 Å². The number of aryl methyl sites for hydroxylation is 2. The van der Waals surface area contributed by atoms with Crippen LogP contribution in [-0.2, 0) is 27.3 Å². The Hall–Kier alpha value is -4.07. The van der Waals surface area contributed by atoms with Crippen LogP contribution in [-0.4, -0.2) is 4.70 Å². The summed E-state index contributed by atoms with van der Waals surface area (Å²) in [5.74, 6) is 1.41. The van der Waals surface area contributed by atoms with Crippen LogP contribution < -0.4 is 9.07 Å². The van der Waals surface area contributed by atoms with Crippen molar-refractivity contribution in [2.24, 2.45) is 11.8 Å². The second-order valence-corrected chi connectivity index (χ2v) is 21.7. The van der Waals surface area contributed by atoms with Crippen molar-refractivity contribution >= 4 is 20.5 Å². The molecule has 71 heavy (non-hydrogen) atoms. The van der Waals surface area contributed by atoms with Gasteiger partial charge in [0, 0.05) is 22.8 Å². The molecular formula is C68H98N2Ni. The van der Waals surface area contributed by atoms with E-state index in [0.29, 0.717) is 11.8 Å². The standard InChI is InChI=1S/C56H88N2.2C6H5.Ni/c1-6-11-16-18-20-22-24-28-36-48(34-26-13-8-3)43-45-50-39-30-32-41-53(50)55-47-52(38-15-10-5)56(58(55)57)54-42-33-31-40-51(54)46-44-49(35-27-14-9-4)37-29-25-23-21-19-17-12-7-2;2*1-2-4-6-5-3-1;/h24-25,28-33,39-42,47-49H,6-23,26-27,34-38,43-46H2,1-5H3;2*1-5H;. The molecule has 0 bridgehead atoms. The first-order valence-electron chi connectivity index (χ1n) is 29.1. The number of rotatable bonds is 37. The van der Waals surface area contributed by atoms with Gasteiger partial charge in [-0.15, -0.1) is 0 Å². The van der Waals surface area contributed by atoms with Crippen molar-refractivity contribution in [3.63, 3.8) is 0 Å². The molecule has 0 radical (unpaired) electrons. The van der Waals surface area contributed by atoms with Crippen molar-refractivity contribution in [1.82, 2.24) is 0 Å². The van der Waals surface area contributed by atoms with Crippen LogP contribution in [0.5, 0.6) is 0 Å². The summed E-state index contributed by atoms with van der Waals surface area (Å²) in [5, 5.41) is 0. The van der Waals surface area contributed by atoms with E-state index in [1.165, 1.54) is 191 Å². The van der Waals surface area contributed by atoms with Gasteiger partial charge in [-0.3, -0.25) is 0 Å². The molecule has 3 heteroatoms. The first-order chi connectivity index (χ1) is 35.0. The van der Waals surface area contributed by atoms with Crippen LogP contribution in [0.15, 0.2) is 145 Å². The molecule has 0 spiro atoms. The summed E-state index contributed by atoms with van der Waals surface area (Å²) in [6.07, 6.45) is 48.8. The van der Waals surface area contributed by atoms with Crippen molar-refractivity contribution < 1.29 is 19.1 Å². The SMILES string of the molecule is CCCCCCCC=CCC(CCCCC)CCc1ccccc1C1=CC(CCCC)=C(c2ccccc2CCC(CC=CCCCCCCC)CCCCC)[N+]1=[N-].c1cc[c]([Ni][c]2ccccc2)cc1. The minimum atomic E-state index is 0.704. The van der Waals surface area contributed by atoms with Gasteiger partial charge in [-0.1, -0.05) is 204 Å². The van der Waals surface area contributed by atoms with E-state index >= 15 is 0 Å². The molecule has 5 rings (SSSR count). The van der Waals surface area contributed by atoms with E-state index in [1.807, 2.05) is 12.1 Å². The van der Waals surface area contributed by atoms with Gasteiger partial charge >= 0.3 is 84.2 Å². The van der Waals surface area contributed by atoms with Crippen LogP contribution in [0.25, 0.3) is 16.9 Å². The molecule has 0 aliphatic carbocycles. The summed E-state index contributed by atoms with van der Waals surface area (Å²) in [4.78, 5) is 0. The second-order valence-electron chi connectivity index (χ2n) is 20.4. The van der Waals surface area contributed by atoms with Gasteiger partial charge in [0.2, 0.25) is 11.4 Å². The van der Waals surface area contributed by atoms with Crippen LogP contribution in [0, 0.1) is 11.8 Å². The van der Waals surface area contributed by atoms with Gasteiger partial charge in [-0.25, -0.2) is 4.70 Å². The Morgan fingerprint density at radius 3 is 1.34 bits per heavy atom. The van der Waals surface area contributed by atoms with Crippen LogP contribution in [0.2, 0.25) is 0 Å². The first-order valence-corrected chi connectivity index (χ1v) is 30.1. The molecule has 0 N–H and O–H groups in total. The number of nitrogens with zero attached hydrogens (tertiary/aromatic N) is 2. The quantitative estimate of drug-likeness (QED) is 0.0186. The molecule has 390 valence electrons. The summed E-state index contributed by atoms with van der Waals surface area (Å²) in [6.45, 7) is 11.5. The Labute approximate surface area is 442 Å². The van der Waals surface area contributed by atoms with E-state index in [0.717, 1.165) is 43.5 Å². The Bertz CT molecular complexity index is 2070. The summed E-state index contributed by atoms with van der Waals surface area (Å²) >= 11 is 1.60. The third-order valence-corrected chi connectivity index (χ3v) is 15.6. The maximum absolute atomic E-state index is 12.3. The zero-order valence-corrected chi connectivity index (χ0v) is 46.6. The monoisotopic (exact) mass is 1000 g/mol. The minimum absolute atomic E-state index is 0.704. The van der Waals surface area contributed by atoms with E-state index in [4.69, 9.17) is 0 Å². The van der Waals surface area contributed by atoms with Gasteiger partial charge in [0.15, 0.2) is 0 Å².